The van der Waals surface area contributed by atoms with Gasteiger partial charge in [-0.25, -0.2) is 0 Å². The average molecular weight is 428 g/mol. The summed E-state index contributed by atoms with van der Waals surface area (Å²) in [6.45, 7) is 0.332. The number of halogens is 3. The minimum atomic E-state index is -0.434. The fourth-order valence-electron chi connectivity index (χ4n) is 2.61. The molecule has 1 aliphatic heterocycles. The second-order valence-corrected chi connectivity index (χ2v) is 7.17. The van der Waals surface area contributed by atoms with E-state index in [2.05, 4.69) is 21.2 Å². The summed E-state index contributed by atoms with van der Waals surface area (Å²) >= 11 is 15.4. The second kappa shape index (κ2) is 7.13. The van der Waals surface area contributed by atoms with Crippen LogP contribution in [-0.2, 0) is 9.59 Å². The van der Waals surface area contributed by atoms with E-state index in [4.69, 9.17) is 23.2 Å². The molecule has 124 valence electrons. The maximum absolute atomic E-state index is 12.5. The lowest BCUT2D eigenvalue weighted by Gasteiger charge is -2.18. The van der Waals surface area contributed by atoms with Crippen molar-refractivity contribution in [3.8, 4) is 0 Å². The first kappa shape index (κ1) is 17.3. The van der Waals surface area contributed by atoms with Crippen molar-refractivity contribution >= 4 is 62.3 Å². The first-order chi connectivity index (χ1) is 11.5. The van der Waals surface area contributed by atoms with E-state index in [0.717, 1.165) is 10.2 Å². The lowest BCUT2D eigenvalue weighted by Crippen LogP contribution is -2.28. The van der Waals surface area contributed by atoms with E-state index < -0.39 is 5.92 Å². The Balaban J connectivity index is 1.73. The van der Waals surface area contributed by atoms with Crippen LogP contribution in [0.15, 0.2) is 46.9 Å². The normalized spacial score (nSPS) is 17.2. The fourth-order valence-corrected chi connectivity index (χ4v) is 3.57. The molecule has 2 aromatic carbocycles. The topological polar surface area (TPSA) is 49.4 Å². The molecular weight excluding hydrogens is 415 g/mol. The molecule has 1 atom stereocenters. The molecular formula is C17H13BrCl2N2O2. The number of nitrogens with one attached hydrogen (secondary N) is 1. The van der Waals surface area contributed by atoms with E-state index in [1.807, 2.05) is 24.3 Å². The number of amides is 2. The number of benzene rings is 2. The summed E-state index contributed by atoms with van der Waals surface area (Å²) in [7, 11) is 0. The maximum Gasteiger partial charge on any atom is 0.229 e. The Morgan fingerprint density at radius 2 is 1.96 bits per heavy atom. The maximum atomic E-state index is 12.5. The van der Waals surface area contributed by atoms with Gasteiger partial charge in [-0.3, -0.25) is 9.59 Å². The van der Waals surface area contributed by atoms with E-state index in [0.29, 0.717) is 22.3 Å². The molecule has 0 aliphatic carbocycles. The molecule has 24 heavy (non-hydrogen) atoms. The fraction of sp³-hybridized carbons (Fsp3) is 0.176. The minimum absolute atomic E-state index is 0.0794. The number of carbonyl (C=O) groups is 2. The van der Waals surface area contributed by atoms with Crippen LogP contribution in [0.5, 0.6) is 0 Å². The van der Waals surface area contributed by atoms with Crippen molar-refractivity contribution in [3.05, 3.63) is 57.0 Å². The average Bonchev–Trinajstić information content (AvgIpc) is 2.92. The largest absolute Gasteiger partial charge is 0.324 e. The zero-order valence-electron chi connectivity index (χ0n) is 12.4. The molecule has 0 radical (unpaired) electrons. The lowest BCUT2D eigenvalue weighted by atomic mass is 10.1. The highest BCUT2D eigenvalue weighted by Gasteiger charge is 2.35. The molecule has 1 fully saturated rings. The van der Waals surface area contributed by atoms with Crippen molar-refractivity contribution in [1.29, 1.82) is 0 Å². The van der Waals surface area contributed by atoms with Gasteiger partial charge in [0.05, 0.1) is 22.3 Å². The van der Waals surface area contributed by atoms with Crippen LogP contribution >= 0.6 is 39.1 Å². The molecule has 1 N–H and O–H groups in total. The van der Waals surface area contributed by atoms with Gasteiger partial charge in [0.15, 0.2) is 0 Å². The molecule has 0 spiro atoms. The lowest BCUT2D eigenvalue weighted by molar-refractivity contribution is -0.122. The summed E-state index contributed by atoms with van der Waals surface area (Å²) in [5, 5.41) is 3.62. The van der Waals surface area contributed by atoms with Crippen molar-refractivity contribution in [2.75, 3.05) is 16.8 Å². The zero-order valence-corrected chi connectivity index (χ0v) is 15.5. The van der Waals surface area contributed by atoms with E-state index in [-0.39, 0.29) is 18.2 Å². The van der Waals surface area contributed by atoms with Gasteiger partial charge in [0.25, 0.3) is 0 Å². The summed E-state index contributed by atoms with van der Waals surface area (Å²) in [6, 6.07) is 12.3. The van der Waals surface area contributed by atoms with Gasteiger partial charge in [0.2, 0.25) is 11.8 Å². The zero-order chi connectivity index (χ0) is 17.3. The summed E-state index contributed by atoms with van der Waals surface area (Å²) in [6.07, 6.45) is 0.165. The van der Waals surface area contributed by atoms with Crippen LogP contribution in [0.2, 0.25) is 10.0 Å². The Morgan fingerprint density at radius 1 is 1.21 bits per heavy atom. The number of hydrogen-bond donors (Lipinski definition) is 1. The number of nitrogens with zero attached hydrogens (tertiary/aromatic N) is 1. The molecule has 0 saturated carbocycles. The van der Waals surface area contributed by atoms with Gasteiger partial charge in [-0.1, -0.05) is 35.3 Å². The third-order valence-corrected chi connectivity index (χ3v) is 5.05. The first-order valence-corrected chi connectivity index (χ1v) is 8.81. The van der Waals surface area contributed by atoms with E-state index in [9.17, 15) is 9.59 Å². The summed E-state index contributed by atoms with van der Waals surface area (Å²) in [5.74, 6) is -0.747. The predicted octanol–water partition coefficient (Wildman–Crippen LogP) is 4.75. The highest BCUT2D eigenvalue weighted by Crippen LogP contribution is 2.32. The van der Waals surface area contributed by atoms with Crippen LogP contribution in [-0.4, -0.2) is 18.4 Å². The third kappa shape index (κ3) is 3.58. The highest BCUT2D eigenvalue weighted by atomic mass is 79.9. The molecule has 1 aliphatic rings. The smallest absolute Gasteiger partial charge is 0.229 e. The molecule has 1 saturated heterocycles. The van der Waals surface area contributed by atoms with Crippen molar-refractivity contribution in [2.24, 2.45) is 5.92 Å². The van der Waals surface area contributed by atoms with Gasteiger partial charge in [-0.15, -0.1) is 0 Å². The van der Waals surface area contributed by atoms with Crippen molar-refractivity contribution in [2.45, 2.75) is 6.42 Å². The van der Waals surface area contributed by atoms with Crippen LogP contribution in [0.4, 0.5) is 11.4 Å². The van der Waals surface area contributed by atoms with Crippen molar-refractivity contribution < 1.29 is 9.59 Å². The SMILES string of the molecule is O=C(Nc1ccc(Cl)cc1Cl)C1CC(=O)N(c2ccccc2Br)C1. The molecule has 1 unspecified atom stereocenters. The van der Waals surface area contributed by atoms with Crippen LogP contribution < -0.4 is 10.2 Å². The van der Waals surface area contributed by atoms with Crippen LogP contribution in [0.1, 0.15) is 6.42 Å². The van der Waals surface area contributed by atoms with Gasteiger partial charge in [0, 0.05) is 22.5 Å². The van der Waals surface area contributed by atoms with Crippen molar-refractivity contribution in [3.63, 3.8) is 0 Å². The highest BCUT2D eigenvalue weighted by molar-refractivity contribution is 9.10. The van der Waals surface area contributed by atoms with Crippen molar-refractivity contribution in [1.82, 2.24) is 0 Å². The Hall–Kier alpha value is -1.56. The third-order valence-electron chi connectivity index (χ3n) is 3.83. The molecule has 2 aromatic rings. The monoisotopic (exact) mass is 426 g/mol. The Labute approximate surface area is 157 Å². The molecule has 3 rings (SSSR count). The van der Waals surface area contributed by atoms with E-state index in [1.165, 1.54) is 0 Å². The number of rotatable bonds is 3. The standard InChI is InChI=1S/C17H13BrCl2N2O2/c18-12-3-1-2-4-15(12)22-9-10(7-16(22)23)17(24)21-14-6-5-11(19)8-13(14)20/h1-6,8,10H,7,9H2,(H,21,24). The molecule has 0 bridgehead atoms. The molecule has 1 heterocycles. The Bertz CT molecular complexity index is 813. The summed E-state index contributed by atoms with van der Waals surface area (Å²) in [4.78, 5) is 26.4. The van der Waals surface area contributed by atoms with Crippen LogP contribution in [0.3, 0.4) is 0 Å². The Kier molecular flexibility index (Phi) is 5.13. The molecule has 0 aromatic heterocycles. The van der Waals surface area contributed by atoms with Gasteiger partial charge in [-0.2, -0.15) is 0 Å². The van der Waals surface area contributed by atoms with Crippen LogP contribution in [0.25, 0.3) is 0 Å². The van der Waals surface area contributed by atoms with Gasteiger partial charge in [-0.05, 0) is 46.3 Å². The predicted molar refractivity (Wildman–Crippen MR) is 99.7 cm³/mol. The quantitative estimate of drug-likeness (QED) is 0.768. The Morgan fingerprint density at radius 3 is 2.67 bits per heavy atom. The molecule has 7 heteroatoms. The minimum Gasteiger partial charge on any atom is -0.324 e. The van der Waals surface area contributed by atoms with Crippen LogP contribution in [0, 0.1) is 5.92 Å². The van der Waals surface area contributed by atoms with E-state index >= 15 is 0 Å². The summed E-state index contributed by atoms with van der Waals surface area (Å²) < 4.78 is 0.820. The number of hydrogen-bond acceptors (Lipinski definition) is 2. The van der Waals surface area contributed by atoms with Gasteiger partial charge >= 0.3 is 0 Å². The van der Waals surface area contributed by atoms with Gasteiger partial charge < -0.3 is 10.2 Å². The number of anilines is 2. The summed E-state index contributed by atoms with van der Waals surface area (Å²) in [5.41, 5.74) is 1.25. The molecule has 2 amide bonds. The van der Waals surface area contributed by atoms with E-state index in [1.54, 1.807) is 23.1 Å². The first-order valence-electron chi connectivity index (χ1n) is 7.26. The second-order valence-electron chi connectivity index (χ2n) is 5.47. The molecule has 4 nitrogen and oxygen atoms in total. The number of para-hydroxylation sites is 1. The van der Waals surface area contributed by atoms with Gasteiger partial charge in [0.1, 0.15) is 0 Å². The number of carbonyl (C=O) groups excluding carboxylic acids is 2.